The van der Waals surface area contributed by atoms with Crippen LogP contribution in [-0.4, -0.2) is 29.1 Å². The number of pyridine rings is 2. The van der Waals surface area contributed by atoms with Gasteiger partial charge in [-0.1, -0.05) is 19.1 Å². The summed E-state index contributed by atoms with van der Waals surface area (Å²) in [6, 6.07) is 9.96. The van der Waals surface area contributed by atoms with Gasteiger partial charge >= 0.3 is 12.2 Å². The number of piperidine rings is 1. The van der Waals surface area contributed by atoms with E-state index in [1.165, 1.54) is 12.1 Å². The average molecular weight is 459 g/mol. The molecule has 0 bridgehead atoms. The van der Waals surface area contributed by atoms with Gasteiger partial charge in [0.25, 0.3) is 0 Å². The molecule has 0 atom stereocenters. The molecule has 1 saturated heterocycles. The highest BCUT2D eigenvalue weighted by Gasteiger charge is 2.34. The van der Waals surface area contributed by atoms with Crippen LogP contribution in [-0.2, 0) is 12.7 Å². The van der Waals surface area contributed by atoms with Crippen molar-refractivity contribution in [1.82, 2.24) is 15.3 Å². The van der Waals surface area contributed by atoms with Crippen molar-refractivity contribution >= 4 is 28.4 Å². The number of amides is 2. The standard InChI is InChI=1S/C23H24F3N5O2/c1-14-8-10-31(11-9-14)21-16(3-6-19(30-21)23(24,25)26)13-27-22(33)28-17-5-2-15-4-7-20(32)29-18(15)12-17/h2-7,12,14H,8-11,13H2,1H3,(H,29,32)(H2,27,28,33). The third-order valence-corrected chi connectivity index (χ3v) is 5.75. The first-order chi connectivity index (χ1) is 15.7. The molecule has 4 rings (SSSR count). The van der Waals surface area contributed by atoms with Crippen molar-refractivity contribution in [3.63, 3.8) is 0 Å². The van der Waals surface area contributed by atoms with E-state index in [1.54, 1.807) is 24.3 Å². The monoisotopic (exact) mass is 459 g/mol. The largest absolute Gasteiger partial charge is 0.433 e. The molecular weight excluding hydrogens is 435 g/mol. The summed E-state index contributed by atoms with van der Waals surface area (Å²) in [5.74, 6) is 0.761. The number of halogens is 3. The zero-order valence-electron chi connectivity index (χ0n) is 18.0. The van der Waals surface area contributed by atoms with Crippen LogP contribution in [0.2, 0.25) is 0 Å². The van der Waals surface area contributed by atoms with Crippen molar-refractivity contribution < 1.29 is 18.0 Å². The Kier molecular flexibility index (Phi) is 6.26. The van der Waals surface area contributed by atoms with E-state index in [2.05, 4.69) is 27.5 Å². The van der Waals surface area contributed by atoms with E-state index in [9.17, 15) is 22.8 Å². The molecule has 10 heteroatoms. The topological polar surface area (TPSA) is 90.1 Å². The number of carbonyl (C=O) groups excluding carboxylic acids is 1. The molecular formula is C23H24F3N5O2. The lowest BCUT2D eigenvalue weighted by Crippen LogP contribution is -2.35. The first kappa shape index (κ1) is 22.6. The van der Waals surface area contributed by atoms with Crippen molar-refractivity contribution in [1.29, 1.82) is 0 Å². The van der Waals surface area contributed by atoms with Crippen molar-refractivity contribution in [3.8, 4) is 0 Å². The van der Waals surface area contributed by atoms with Gasteiger partial charge in [-0.15, -0.1) is 0 Å². The number of fused-ring (bicyclic) bond motifs is 1. The minimum Gasteiger partial charge on any atom is -0.356 e. The fourth-order valence-electron chi connectivity index (χ4n) is 3.85. The van der Waals surface area contributed by atoms with Gasteiger partial charge in [-0.05, 0) is 48.4 Å². The Morgan fingerprint density at radius 2 is 1.88 bits per heavy atom. The SMILES string of the molecule is CC1CCN(c2nc(C(F)(F)F)ccc2CNC(=O)Nc2ccc3ccc(=O)[nH]c3c2)CC1. The van der Waals surface area contributed by atoms with Gasteiger partial charge < -0.3 is 20.5 Å². The molecule has 7 nitrogen and oxygen atoms in total. The van der Waals surface area contributed by atoms with E-state index in [0.717, 1.165) is 24.3 Å². The zero-order valence-corrected chi connectivity index (χ0v) is 18.0. The molecule has 1 aliphatic rings. The Morgan fingerprint density at radius 3 is 2.61 bits per heavy atom. The summed E-state index contributed by atoms with van der Waals surface area (Å²) >= 11 is 0. The molecule has 1 aliphatic heterocycles. The van der Waals surface area contributed by atoms with Crippen LogP contribution in [0.4, 0.5) is 29.5 Å². The van der Waals surface area contributed by atoms with E-state index in [4.69, 9.17) is 0 Å². The predicted molar refractivity (Wildman–Crippen MR) is 120 cm³/mol. The Hall–Kier alpha value is -3.56. The van der Waals surface area contributed by atoms with Gasteiger partial charge in [-0.2, -0.15) is 13.2 Å². The number of aromatic amines is 1. The van der Waals surface area contributed by atoms with E-state index < -0.39 is 17.9 Å². The predicted octanol–water partition coefficient (Wildman–Crippen LogP) is 4.50. The second-order valence-corrected chi connectivity index (χ2v) is 8.28. The van der Waals surface area contributed by atoms with Crippen molar-refractivity contribution in [2.45, 2.75) is 32.5 Å². The number of aromatic nitrogens is 2. The Morgan fingerprint density at radius 1 is 1.15 bits per heavy atom. The summed E-state index contributed by atoms with van der Waals surface area (Å²) in [5.41, 5.74) is 0.357. The van der Waals surface area contributed by atoms with Crippen LogP contribution in [0, 0.1) is 5.92 Å². The summed E-state index contributed by atoms with van der Waals surface area (Å²) < 4.78 is 39.7. The number of nitrogens with zero attached hydrogens (tertiary/aromatic N) is 2. The molecule has 3 aromatic rings. The van der Waals surface area contributed by atoms with Gasteiger partial charge in [0.05, 0.1) is 5.52 Å². The Bertz CT molecular complexity index is 1220. The number of hydrogen-bond acceptors (Lipinski definition) is 4. The van der Waals surface area contributed by atoms with Crippen LogP contribution in [0.5, 0.6) is 0 Å². The highest BCUT2D eigenvalue weighted by molar-refractivity contribution is 5.92. The van der Waals surface area contributed by atoms with Gasteiger partial charge in [0, 0.05) is 37.0 Å². The van der Waals surface area contributed by atoms with E-state index in [-0.39, 0.29) is 17.9 Å². The van der Waals surface area contributed by atoms with Crippen LogP contribution in [0.3, 0.4) is 0 Å². The zero-order chi connectivity index (χ0) is 23.6. The van der Waals surface area contributed by atoms with Crippen molar-refractivity contribution in [3.05, 3.63) is 64.1 Å². The molecule has 1 fully saturated rings. The molecule has 33 heavy (non-hydrogen) atoms. The van der Waals surface area contributed by atoms with Crippen LogP contribution in [0.1, 0.15) is 31.0 Å². The molecule has 2 aromatic heterocycles. The molecule has 0 radical (unpaired) electrons. The van der Waals surface area contributed by atoms with Gasteiger partial charge in [0.2, 0.25) is 5.56 Å². The van der Waals surface area contributed by atoms with E-state index in [1.807, 2.05) is 4.90 Å². The summed E-state index contributed by atoms with van der Waals surface area (Å²) in [4.78, 5) is 32.4. The quantitative estimate of drug-likeness (QED) is 0.536. The second kappa shape index (κ2) is 9.13. The first-order valence-electron chi connectivity index (χ1n) is 10.7. The number of benzene rings is 1. The second-order valence-electron chi connectivity index (χ2n) is 8.28. The van der Waals surface area contributed by atoms with Gasteiger partial charge in [-0.3, -0.25) is 4.79 Å². The van der Waals surface area contributed by atoms with E-state index >= 15 is 0 Å². The number of H-pyrrole nitrogens is 1. The fourth-order valence-corrected chi connectivity index (χ4v) is 3.85. The van der Waals surface area contributed by atoms with Crippen molar-refractivity contribution in [2.24, 2.45) is 5.92 Å². The molecule has 2 amide bonds. The fraction of sp³-hybridized carbons (Fsp3) is 0.348. The first-order valence-corrected chi connectivity index (χ1v) is 10.7. The third-order valence-electron chi connectivity index (χ3n) is 5.75. The smallest absolute Gasteiger partial charge is 0.356 e. The molecule has 3 N–H and O–H groups in total. The maximum atomic E-state index is 13.2. The molecule has 3 heterocycles. The highest BCUT2D eigenvalue weighted by atomic mass is 19.4. The summed E-state index contributed by atoms with van der Waals surface area (Å²) in [6.45, 7) is 3.36. The van der Waals surface area contributed by atoms with Crippen LogP contribution in [0.25, 0.3) is 10.9 Å². The normalized spacial score (nSPS) is 15.0. The van der Waals surface area contributed by atoms with Crippen LogP contribution < -0.4 is 21.1 Å². The minimum atomic E-state index is -4.54. The number of alkyl halides is 3. The summed E-state index contributed by atoms with van der Waals surface area (Å²) in [6.07, 6.45) is -2.80. The van der Waals surface area contributed by atoms with Crippen LogP contribution >= 0.6 is 0 Å². The maximum absolute atomic E-state index is 13.2. The average Bonchev–Trinajstić information content (AvgIpc) is 2.77. The lowest BCUT2D eigenvalue weighted by atomic mass is 9.99. The highest BCUT2D eigenvalue weighted by Crippen LogP contribution is 2.32. The molecule has 0 unspecified atom stereocenters. The van der Waals surface area contributed by atoms with Gasteiger partial charge in [0.1, 0.15) is 11.5 Å². The number of carbonyl (C=O) groups is 1. The minimum absolute atomic E-state index is 0.0166. The third kappa shape index (κ3) is 5.44. The van der Waals surface area contributed by atoms with E-state index in [0.29, 0.717) is 35.8 Å². The summed E-state index contributed by atoms with van der Waals surface area (Å²) in [7, 11) is 0. The molecule has 1 aromatic carbocycles. The summed E-state index contributed by atoms with van der Waals surface area (Å²) in [5, 5.41) is 6.18. The number of anilines is 2. The molecule has 174 valence electrons. The van der Waals surface area contributed by atoms with Crippen LogP contribution in [0.15, 0.2) is 47.3 Å². The van der Waals surface area contributed by atoms with Gasteiger partial charge in [0.15, 0.2) is 0 Å². The lowest BCUT2D eigenvalue weighted by Gasteiger charge is -2.33. The molecule has 0 spiro atoms. The molecule has 0 saturated carbocycles. The lowest BCUT2D eigenvalue weighted by molar-refractivity contribution is -0.141. The molecule has 0 aliphatic carbocycles. The number of rotatable bonds is 4. The number of urea groups is 1. The number of hydrogen-bond donors (Lipinski definition) is 3. The van der Waals surface area contributed by atoms with Gasteiger partial charge in [-0.25, -0.2) is 9.78 Å². The Balaban J connectivity index is 1.48. The maximum Gasteiger partial charge on any atom is 0.433 e. The number of nitrogens with one attached hydrogen (secondary N) is 3. The Labute approximate surface area is 188 Å². The van der Waals surface area contributed by atoms with Crippen molar-refractivity contribution in [2.75, 3.05) is 23.3 Å².